The number of benzene rings is 1. The van der Waals surface area contributed by atoms with E-state index in [4.69, 9.17) is 17.3 Å². The molecule has 0 heterocycles. The van der Waals surface area contributed by atoms with Crippen LogP contribution in [0.15, 0.2) is 18.2 Å². The van der Waals surface area contributed by atoms with Gasteiger partial charge in [-0.1, -0.05) is 25.4 Å². The smallest absolute Gasteiger partial charge is 0.226 e. The lowest BCUT2D eigenvalue weighted by molar-refractivity contribution is -0.119. The minimum Gasteiger partial charge on any atom is -0.330 e. The van der Waals surface area contributed by atoms with Gasteiger partial charge in [-0.3, -0.25) is 9.59 Å². The Kier molecular flexibility index (Phi) is 5.79. The minimum absolute atomic E-state index is 0.128. The highest BCUT2D eigenvalue weighted by atomic mass is 35.5. The highest BCUT2D eigenvalue weighted by molar-refractivity contribution is 6.31. The van der Waals surface area contributed by atoms with Gasteiger partial charge in [0.2, 0.25) is 11.8 Å². The fourth-order valence-electron chi connectivity index (χ4n) is 1.35. The monoisotopic (exact) mass is 283 g/mol. The van der Waals surface area contributed by atoms with E-state index in [1.807, 2.05) is 0 Å². The standard InChI is InChI=1S/C13H18ClN3O2/c1-8(2)13(19)17-10-4-3-9(14)7-11(10)16-12(18)5-6-15/h3-4,7-8H,5-6,15H2,1-2H3,(H,16,18)(H,17,19). The van der Waals surface area contributed by atoms with Gasteiger partial charge in [-0.2, -0.15) is 0 Å². The van der Waals surface area contributed by atoms with Gasteiger partial charge >= 0.3 is 0 Å². The van der Waals surface area contributed by atoms with Crippen LogP contribution in [0.4, 0.5) is 11.4 Å². The minimum atomic E-state index is -0.218. The highest BCUT2D eigenvalue weighted by Crippen LogP contribution is 2.26. The zero-order valence-corrected chi connectivity index (χ0v) is 11.8. The topological polar surface area (TPSA) is 84.2 Å². The van der Waals surface area contributed by atoms with Crippen molar-refractivity contribution in [2.45, 2.75) is 20.3 Å². The molecule has 0 saturated carbocycles. The SMILES string of the molecule is CC(C)C(=O)Nc1ccc(Cl)cc1NC(=O)CCN. The van der Waals surface area contributed by atoms with Gasteiger partial charge in [-0.25, -0.2) is 0 Å². The van der Waals surface area contributed by atoms with Crippen LogP contribution in [0.3, 0.4) is 0 Å². The third kappa shape index (κ3) is 4.89. The van der Waals surface area contributed by atoms with Gasteiger partial charge in [0.05, 0.1) is 11.4 Å². The summed E-state index contributed by atoms with van der Waals surface area (Å²) < 4.78 is 0. The van der Waals surface area contributed by atoms with E-state index in [9.17, 15) is 9.59 Å². The Morgan fingerprint density at radius 3 is 2.53 bits per heavy atom. The Hall–Kier alpha value is -1.59. The predicted molar refractivity (Wildman–Crippen MR) is 77.2 cm³/mol. The molecule has 0 radical (unpaired) electrons. The molecule has 0 aliphatic carbocycles. The molecule has 0 unspecified atom stereocenters. The number of rotatable bonds is 5. The number of hydrogen-bond donors (Lipinski definition) is 3. The molecule has 0 bridgehead atoms. The molecular formula is C13H18ClN3O2. The van der Waals surface area contributed by atoms with Crippen LogP contribution in [0, 0.1) is 5.92 Å². The van der Waals surface area contributed by atoms with Crippen LogP contribution < -0.4 is 16.4 Å². The van der Waals surface area contributed by atoms with Crippen molar-refractivity contribution in [1.29, 1.82) is 0 Å². The Balaban J connectivity index is 2.91. The van der Waals surface area contributed by atoms with Crippen LogP contribution in [0.1, 0.15) is 20.3 Å². The molecule has 2 amide bonds. The van der Waals surface area contributed by atoms with Gasteiger partial charge in [0.1, 0.15) is 0 Å². The molecule has 0 aromatic heterocycles. The third-order valence-corrected chi connectivity index (χ3v) is 2.64. The maximum absolute atomic E-state index is 11.7. The Labute approximate surface area is 117 Å². The van der Waals surface area contributed by atoms with Crippen molar-refractivity contribution >= 4 is 34.8 Å². The first-order valence-corrected chi connectivity index (χ1v) is 6.42. The Bertz CT molecular complexity index is 475. The highest BCUT2D eigenvalue weighted by Gasteiger charge is 2.12. The number of carbonyl (C=O) groups is 2. The number of nitrogens with one attached hydrogen (secondary N) is 2. The fraction of sp³-hybridized carbons (Fsp3) is 0.385. The van der Waals surface area contributed by atoms with Gasteiger partial charge in [0.15, 0.2) is 0 Å². The number of hydrogen-bond acceptors (Lipinski definition) is 3. The third-order valence-electron chi connectivity index (χ3n) is 2.41. The van der Waals surface area contributed by atoms with E-state index in [-0.39, 0.29) is 30.7 Å². The number of nitrogens with two attached hydrogens (primary N) is 1. The second-order valence-electron chi connectivity index (χ2n) is 4.42. The summed E-state index contributed by atoms with van der Waals surface area (Å²) in [6.45, 7) is 3.84. The average Bonchev–Trinajstić information content (AvgIpc) is 2.32. The van der Waals surface area contributed by atoms with E-state index in [1.54, 1.807) is 32.0 Å². The summed E-state index contributed by atoms with van der Waals surface area (Å²) in [6, 6.07) is 4.89. The molecular weight excluding hydrogens is 266 g/mol. The second-order valence-corrected chi connectivity index (χ2v) is 4.86. The zero-order chi connectivity index (χ0) is 14.4. The van der Waals surface area contributed by atoms with Crippen LogP contribution in [-0.2, 0) is 9.59 Å². The molecule has 6 heteroatoms. The van der Waals surface area contributed by atoms with E-state index < -0.39 is 0 Å². The van der Waals surface area contributed by atoms with E-state index in [0.717, 1.165) is 0 Å². The van der Waals surface area contributed by atoms with E-state index >= 15 is 0 Å². The van der Waals surface area contributed by atoms with Crippen molar-refractivity contribution in [1.82, 2.24) is 0 Å². The van der Waals surface area contributed by atoms with E-state index in [1.165, 1.54) is 0 Å². The van der Waals surface area contributed by atoms with Gasteiger partial charge < -0.3 is 16.4 Å². The quantitative estimate of drug-likeness (QED) is 0.775. The van der Waals surface area contributed by atoms with Gasteiger partial charge in [0.25, 0.3) is 0 Å². The summed E-state index contributed by atoms with van der Waals surface area (Å²) in [7, 11) is 0. The van der Waals surface area contributed by atoms with Gasteiger partial charge in [0, 0.05) is 23.9 Å². The molecule has 1 aromatic carbocycles. The number of amides is 2. The number of halogens is 1. The molecule has 0 fully saturated rings. The number of carbonyl (C=O) groups excluding carboxylic acids is 2. The van der Waals surface area contributed by atoms with E-state index in [2.05, 4.69) is 10.6 Å². The summed E-state index contributed by atoms with van der Waals surface area (Å²) in [5.41, 5.74) is 6.31. The number of anilines is 2. The van der Waals surface area contributed by atoms with Crippen LogP contribution in [0.25, 0.3) is 0 Å². The lowest BCUT2D eigenvalue weighted by Crippen LogP contribution is -2.21. The predicted octanol–water partition coefficient (Wildman–Crippen LogP) is 2.22. The molecule has 0 aliphatic heterocycles. The molecule has 5 nitrogen and oxygen atoms in total. The van der Waals surface area contributed by atoms with Crippen LogP contribution in [0.2, 0.25) is 5.02 Å². The molecule has 19 heavy (non-hydrogen) atoms. The first-order chi connectivity index (χ1) is 8.93. The van der Waals surface area contributed by atoms with Crippen molar-refractivity contribution in [2.24, 2.45) is 11.7 Å². The lowest BCUT2D eigenvalue weighted by Gasteiger charge is -2.14. The van der Waals surface area contributed by atoms with Crippen LogP contribution >= 0.6 is 11.6 Å². The fourth-order valence-corrected chi connectivity index (χ4v) is 1.52. The summed E-state index contributed by atoms with van der Waals surface area (Å²) in [5.74, 6) is -0.496. The Morgan fingerprint density at radius 1 is 1.26 bits per heavy atom. The molecule has 4 N–H and O–H groups in total. The molecule has 1 aromatic rings. The molecule has 0 saturated heterocycles. The average molecular weight is 284 g/mol. The summed E-state index contributed by atoms with van der Waals surface area (Å²) in [5, 5.41) is 5.90. The summed E-state index contributed by atoms with van der Waals surface area (Å²) >= 11 is 5.89. The molecule has 0 spiro atoms. The molecule has 1 rings (SSSR count). The maximum Gasteiger partial charge on any atom is 0.226 e. The normalized spacial score (nSPS) is 10.4. The van der Waals surface area contributed by atoms with Crippen molar-refractivity contribution in [3.8, 4) is 0 Å². The maximum atomic E-state index is 11.7. The Morgan fingerprint density at radius 2 is 1.95 bits per heavy atom. The zero-order valence-electron chi connectivity index (χ0n) is 11.0. The molecule has 0 aliphatic rings. The summed E-state index contributed by atoms with van der Waals surface area (Å²) in [6.07, 6.45) is 0.212. The van der Waals surface area contributed by atoms with Crippen molar-refractivity contribution < 1.29 is 9.59 Å². The van der Waals surface area contributed by atoms with E-state index in [0.29, 0.717) is 16.4 Å². The first kappa shape index (κ1) is 15.5. The molecule has 0 atom stereocenters. The second kappa shape index (κ2) is 7.11. The van der Waals surface area contributed by atoms with Crippen molar-refractivity contribution in [2.75, 3.05) is 17.2 Å². The van der Waals surface area contributed by atoms with Gasteiger partial charge in [-0.15, -0.1) is 0 Å². The largest absolute Gasteiger partial charge is 0.330 e. The summed E-state index contributed by atoms with van der Waals surface area (Å²) in [4.78, 5) is 23.2. The van der Waals surface area contributed by atoms with Crippen molar-refractivity contribution in [3.05, 3.63) is 23.2 Å². The van der Waals surface area contributed by atoms with Gasteiger partial charge in [-0.05, 0) is 18.2 Å². The van der Waals surface area contributed by atoms with Crippen molar-refractivity contribution in [3.63, 3.8) is 0 Å². The lowest BCUT2D eigenvalue weighted by atomic mass is 10.2. The van der Waals surface area contributed by atoms with Crippen LogP contribution in [-0.4, -0.2) is 18.4 Å². The molecule has 104 valence electrons. The first-order valence-electron chi connectivity index (χ1n) is 6.04. The van der Waals surface area contributed by atoms with Crippen LogP contribution in [0.5, 0.6) is 0 Å².